The van der Waals surface area contributed by atoms with Crippen LogP contribution in [0.15, 0.2) is 53.7 Å². The van der Waals surface area contributed by atoms with E-state index in [1.807, 2.05) is 72.2 Å². The zero-order chi connectivity index (χ0) is 38.2. The van der Waals surface area contributed by atoms with Gasteiger partial charge >= 0.3 is 6.09 Å². The number of hydrogen-bond donors (Lipinski definition) is 2. The smallest absolute Gasteiger partial charge is 0.410 e. The summed E-state index contributed by atoms with van der Waals surface area (Å²) in [5.41, 5.74) is 0.179. The van der Waals surface area contributed by atoms with E-state index in [1.165, 1.54) is 24.3 Å². The van der Waals surface area contributed by atoms with Crippen LogP contribution >= 0.6 is 0 Å². The number of carbonyl (C=O) groups is 2. The van der Waals surface area contributed by atoms with Gasteiger partial charge < -0.3 is 15.0 Å². The number of rotatable bonds is 9. The van der Waals surface area contributed by atoms with Crippen LogP contribution in [0.1, 0.15) is 129 Å². The maximum atomic E-state index is 14.8. The maximum Gasteiger partial charge on any atom is 0.410 e. The number of nitrogens with one attached hydrogen (secondary N) is 2. The van der Waals surface area contributed by atoms with Crippen molar-refractivity contribution in [3.8, 4) is 0 Å². The summed E-state index contributed by atoms with van der Waals surface area (Å²) < 4.78 is 49.1. The fourth-order valence-corrected chi connectivity index (χ4v) is 7.03. The molecule has 11 nitrogen and oxygen atoms in total. The van der Waals surface area contributed by atoms with Crippen molar-refractivity contribution in [3.05, 3.63) is 77.1 Å². The van der Waals surface area contributed by atoms with Gasteiger partial charge in [-0.15, -0.1) is 0 Å². The molecule has 0 spiro atoms. The number of halogens is 1. The van der Waals surface area contributed by atoms with E-state index in [4.69, 9.17) is 4.74 Å². The van der Waals surface area contributed by atoms with Crippen molar-refractivity contribution in [2.24, 2.45) is 5.92 Å². The highest BCUT2D eigenvalue weighted by Crippen LogP contribution is 2.38. The van der Waals surface area contributed by atoms with Crippen LogP contribution in [0.3, 0.4) is 0 Å². The van der Waals surface area contributed by atoms with Crippen LogP contribution in [-0.2, 0) is 25.6 Å². The van der Waals surface area contributed by atoms with Gasteiger partial charge in [0.1, 0.15) is 11.4 Å². The Labute approximate surface area is 302 Å². The molecule has 13 heteroatoms. The number of carbonyl (C=O) groups excluding carboxylic acids is 2. The Morgan fingerprint density at radius 1 is 1.00 bits per heavy atom. The van der Waals surface area contributed by atoms with Crippen LogP contribution in [-0.4, -0.2) is 58.0 Å². The van der Waals surface area contributed by atoms with Crippen LogP contribution in [0.25, 0.3) is 0 Å². The van der Waals surface area contributed by atoms with E-state index in [2.05, 4.69) is 41.0 Å². The Balaban J connectivity index is 1.57. The highest BCUT2D eigenvalue weighted by Gasteiger charge is 2.43. The van der Waals surface area contributed by atoms with Gasteiger partial charge in [-0.05, 0) is 107 Å². The third-order valence-electron chi connectivity index (χ3n) is 8.85. The third kappa shape index (κ3) is 10.2. The highest BCUT2D eigenvalue weighted by atomic mass is 32.2. The number of anilines is 1. The molecular formula is C38H53FN6O5S. The van der Waals surface area contributed by atoms with Gasteiger partial charge in [0.25, 0.3) is 15.9 Å². The molecule has 1 fully saturated rings. The van der Waals surface area contributed by atoms with E-state index in [1.54, 1.807) is 17.2 Å². The molecule has 1 aliphatic heterocycles. The number of sulfonamides is 1. The molecule has 3 aromatic rings. The molecule has 0 radical (unpaired) electrons. The lowest BCUT2D eigenvalue weighted by Gasteiger charge is -2.33. The van der Waals surface area contributed by atoms with E-state index in [0.29, 0.717) is 18.7 Å². The summed E-state index contributed by atoms with van der Waals surface area (Å²) in [4.78, 5) is 40.7. The molecule has 0 saturated carbocycles. The summed E-state index contributed by atoms with van der Waals surface area (Å²) in [6.07, 6.45) is 3.56. The molecule has 4 rings (SSSR count). The monoisotopic (exact) mass is 724 g/mol. The SMILES string of the molecule is CC(C)(C)OC(=O)N1C[C@@H](CCC(Nc2cccc(S(=O)(=O)NC(=O)c3ccc(C(C)(C)C)nc3F)n2)c2cc(C(C)(C)C)ccn2)CC1(C)C. The summed E-state index contributed by atoms with van der Waals surface area (Å²) in [6, 6.07) is 10.8. The zero-order valence-corrected chi connectivity index (χ0v) is 32.5. The molecule has 1 saturated heterocycles. The molecule has 51 heavy (non-hydrogen) atoms. The lowest BCUT2D eigenvalue weighted by Crippen LogP contribution is -2.45. The average molecular weight is 725 g/mol. The van der Waals surface area contributed by atoms with E-state index >= 15 is 0 Å². The number of ether oxygens (including phenoxy) is 1. The fourth-order valence-electron chi connectivity index (χ4n) is 6.09. The summed E-state index contributed by atoms with van der Waals surface area (Å²) in [7, 11) is -4.49. The van der Waals surface area contributed by atoms with Crippen molar-refractivity contribution in [1.82, 2.24) is 24.6 Å². The number of pyridine rings is 3. The molecule has 2 atom stereocenters. The first-order valence-electron chi connectivity index (χ1n) is 17.3. The molecule has 2 N–H and O–H groups in total. The highest BCUT2D eigenvalue weighted by molar-refractivity contribution is 7.90. The van der Waals surface area contributed by atoms with Gasteiger partial charge in [-0.1, -0.05) is 47.6 Å². The zero-order valence-electron chi connectivity index (χ0n) is 31.7. The maximum absolute atomic E-state index is 14.8. The quantitative estimate of drug-likeness (QED) is 0.212. The first-order valence-corrected chi connectivity index (χ1v) is 18.8. The molecule has 3 aromatic heterocycles. The average Bonchev–Trinajstić information content (AvgIpc) is 3.31. The fraction of sp³-hybridized carbons (Fsp3) is 0.553. The van der Waals surface area contributed by atoms with Gasteiger partial charge in [0.2, 0.25) is 5.95 Å². The van der Waals surface area contributed by atoms with E-state index in [0.717, 1.165) is 24.1 Å². The molecular weight excluding hydrogens is 672 g/mol. The van der Waals surface area contributed by atoms with E-state index < -0.39 is 43.5 Å². The van der Waals surface area contributed by atoms with E-state index in [-0.39, 0.29) is 34.8 Å². The van der Waals surface area contributed by atoms with Gasteiger partial charge in [-0.25, -0.2) is 19.5 Å². The summed E-state index contributed by atoms with van der Waals surface area (Å²) in [6.45, 7) is 22.1. The molecule has 1 aliphatic rings. The molecule has 2 amide bonds. The van der Waals surface area contributed by atoms with Crippen molar-refractivity contribution >= 4 is 27.8 Å². The first-order chi connectivity index (χ1) is 23.4. The Morgan fingerprint density at radius 3 is 2.29 bits per heavy atom. The van der Waals surface area contributed by atoms with Gasteiger partial charge in [0.15, 0.2) is 5.03 Å². The van der Waals surface area contributed by atoms with Crippen LogP contribution in [0.2, 0.25) is 0 Å². The Kier molecular flexibility index (Phi) is 11.3. The third-order valence-corrected chi connectivity index (χ3v) is 10.1. The minimum absolute atomic E-state index is 0.141. The largest absolute Gasteiger partial charge is 0.444 e. The van der Waals surface area contributed by atoms with Crippen molar-refractivity contribution in [2.45, 2.75) is 128 Å². The number of likely N-dealkylation sites (tertiary alicyclic amines) is 1. The van der Waals surface area contributed by atoms with Crippen molar-refractivity contribution in [2.75, 3.05) is 11.9 Å². The van der Waals surface area contributed by atoms with Gasteiger partial charge in [-0.2, -0.15) is 12.8 Å². The normalized spacial score (nSPS) is 17.2. The molecule has 1 unspecified atom stereocenters. The number of amides is 2. The second-order valence-electron chi connectivity index (χ2n) is 17.0. The minimum Gasteiger partial charge on any atom is -0.444 e. The molecule has 4 heterocycles. The number of nitrogens with zero attached hydrogens (tertiary/aromatic N) is 4. The Hall–Kier alpha value is -4.13. The van der Waals surface area contributed by atoms with Crippen molar-refractivity contribution < 1.29 is 27.1 Å². The summed E-state index contributed by atoms with van der Waals surface area (Å²) in [5, 5.41) is 2.97. The van der Waals surface area contributed by atoms with Crippen LogP contribution < -0.4 is 10.0 Å². The molecule has 0 aliphatic carbocycles. The second-order valence-corrected chi connectivity index (χ2v) is 18.7. The number of aromatic nitrogens is 3. The molecule has 278 valence electrons. The number of hydrogen-bond acceptors (Lipinski definition) is 9. The second kappa shape index (κ2) is 14.5. The van der Waals surface area contributed by atoms with Crippen LogP contribution in [0, 0.1) is 11.9 Å². The topological polar surface area (TPSA) is 143 Å². The Morgan fingerprint density at radius 2 is 1.69 bits per heavy atom. The predicted octanol–water partition coefficient (Wildman–Crippen LogP) is 7.69. The molecule has 0 aromatic carbocycles. The van der Waals surface area contributed by atoms with Crippen LogP contribution in [0.4, 0.5) is 15.0 Å². The lowest BCUT2D eigenvalue weighted by molar-refractivity contribution is 0.0130. The van der Waals surface area contributed by atoms with Gasteiger partial charge in [-0.3, -0.25) is 9.78 Å². The molecule has 0 bridgehead atoms. The van der Waals surface area contributed by atoms with Crippen LogP contribution in [0.5, 0.6) is 0 Å². The minimum atomic E-state index is -4.49. The summed E-state index contributed by atoms with van der Waals surface area (Å²) >= 11 is 0. The predicted molar refractivity (Wildman–Crippen MR) is 195 cm³/mol. The van der Waals surface area contributed by atoms with Gasteiger partial charge in [0.05, 0.1) is 17.3 Å². The van der Waals surface area contributed by atoms with Crippen molar-refractivity contribution in [3.63, 3.8) is 0 Å². The van der Waals surface area contributed by atoms with Crippen molar-refractivity contribution in [1.29, 1.82) is 0 Å². The Bertz CT molecular complexity index is 1860. The van der Waals surface area contributed by atoms with E-state index in [9.17, 15) is 22.4 Å². The standard InChI is InChI=1S/C38H53FN6O5S/c1-35(2,3)25-19-20-40-28(21-25)27(17-15-24-22-38(10,11)45(23-24)34(47)50-37(7,8)9)41-30-13-12-14-31(43-30)51(48,49)44-33(46)26-16-18-29(36(4,5)6)42-32(26)39/h12-14,16,18-21,24,27H,15,17,22-23H2,1-11H3,(H,41,43)(H,44,46)/t24-,27?/m0/s1. The first kappa shape index (κ1) is 39.7. The lowest BCUT2D eigenvalue weighted by atomic mass is 9.86. The van der Waals surface area contributed by atoms with Gasteiger partial charge in [0, 0.05) is 29.4 Å². The summed E-state index contributed by atoms with van der Waals surface area (Å²) in [5.74, 6) is -1.78.